The van der Waals surface area contributed by atoms with Crippen molar-refractivity contribution in [2.24, 2.45) is 11.3 Å². The van der Waals surface area contributed by atoms with Crippen molar-refractivity contribution in [3.8, 4) is 0 Å². The molecule has 2 atom stereocenters. The number of ketones is 1. The minimum atomic E-state index is -0.461. The largest absolute Gasteiger partial charge is 0.368 e. The fraction of sp³-hybridized carbons (Fsp3) is 0.571. The van der Waals surface area contributed by atoms with Crippen molar-refractivity contribution in [1.82, 2.24) is 15.1 Å². The molecule has 0 radical (unpaired) electrons. The van der Waals surface area contributed by atoms with Gasteiger partial charge in [0, 0.05) is 76.5 Å². The first kappa shape index (κ1) is 18.9. The highest BCUT2D eigenvalue weighted by Crippen LogP contribution is 2.41. The van der Waals surface area contributed by atoms with Crippen LogP contribution in [-0.4, -0.2) is 79.8 Å². The van der Waals surface area contributed by atoms with Crippen molar-refractivity contribution < 1.29 is 14.4 Å². The number of benzene rings is 1. The van der Waals surface area contributed by atoms with Crippen LogP contribution in [-0.2, 0) is 9.59 Å². The van der Waals surface area contributed by atoms with Crippen molar-refractivity contribution in [3.63, 3.8) is 0 Å². The number of carbonyl (C=O) groups excluding carboxylic acids is 3. The van der Waals surface area contributed by atoms with Gasteiger partial charge in [-0.3, -0.25) is 14.4 Å². The zero-order valence-corrected chi connectivity index (χ0v) is 16.6. The number of rotatable bonds is 3. The normalized spacial score (nSPS) is 27.1. The zero-order valence-electron chi connectivity index (χ0n) is 16.6. The highest BCUT2D eigenvalue weighted by atomic mass is 16.2. The predicted molar refractivity (Wildman–Crippen MR) is 106 cm³/mol. The first-order valence-corrected chi connectivity index (χ1v) is 10.0. The summed E-state index contributed by atoms with van der Waals surface area (Å²) in [6.45, 7) is 8.74. The molecule has 0 bridgehead atoms. The van der Waals surface area contributed by atoms with E-state index in [4.69, 9.17) is 0 Å². The number of carbonyl (C=O) groups is 3. The Morgan fingerprint density at radius 1 is 1.00 bits per heavy atom. The average Bonchev–Trinajstić information content (AvgIpc) is 3.26. The van der Waals surface area contributed by atoms with Gasteiger partial charge in [0.25, 0.3) is 0 Å². The Bertz CT molecular complexity index is 785. The second-order valence-electron chi connectivity index (χ2n) is 8.27. The summed E-state index contributed by atoms with van der Waals surface area (Å²) in [6, 6.07) is 7.67. The minimum Gasteiger partial charge on any atom is -0.368 e. The molecule has 150 valence electrons. The molecule has 2 amide bonds. The Kier molecular flexibility index (Phi) is 4.87. The van der Waals surface area contributed by atoms with E-state index in [2.05, 4.69) is 10.2 Å². The van der Waals surface area contributed by atoms with Crippen LogP contribution in [0.5, 0.6) is 0 Å². The van der Waals surface area contributed by atoms with Gasteiger partial charge in [0.2, 0.25) is 11.8 Å². The fourth-order valence-electron chi connectivity index (χ4n) is 4.85. The van der Waals surface area contributed by atoms with Crippen LogP contribution in [0.2, 0.25) is 0 Å². The van der Waals surface area contributed by atoms with Gasteiger partial charge in [-0.05, 0) is 31.2 Å². The summed E-state index contributed by atoms with van der Waals surface area (Å²) in [7, 11) is 0. The number of nitrogens with zero attached hydrogens (tertiary/aromatic N) is 3. The molecule has 3 heterocycles. The maximum absolute atomic E-state index is 13.4. The van der Waals surface area contributed by atoms with Gasteiger partial charge in [0.05, 0.1) is 5.41 Å². The molecule has 1 N–H and O–H groups in total. The molecule has 0 spiro atoms. The number of amides is 2. The van der Waals surface area contributed by atoms with Gasteiger partial charge in [-0.25, -0.2) is 0 Å². The highest BCUT2D eigenvalue weighted by molar-refractivity contribution is 5.94. The molecule has 0 unspecified atom stereocenters. The minimum absolute atomic E-state index is 0.0559. The van der Waals surface area contributed by atoms with E-state index in [0.717, 1.165) is 25.3 Å². The molecule has 3 aliphatic rings. The van der Waals surface area contributed by atoms with Crippen molar-refractivity contribution >= 4 is 23.3 Å². The van der Waals surface area contributed by atoms with E-state index < -0.39 is 5.41 Å². The van der Waals surface area contributed by atoms with Gasteiger partial charge in [0.1, 0.15) is 0 Å². The average molecular weight is 384 g/mol. The molecule has 1 aromatic rings. The molecule has 7 nitrogen and oxygen atoms in total. The van der Waals surface area contributed by atoms with E-state index in [9.17, 15) is 14.4 Å². The van der Waals surface area contributed by atoms with Crippen LogP contribution < -0.4 is 10.2 Å². The first-order chi connectivity index (χ1) is 13.4. The van der Waals surface area contributed by atoms with Gasteiger partial charge in [0.15, 0.2) is 5.78 Å². The number of Topliss-reactive ketones (excluding diaryl/α,β-unsaturated/α-hetero) is 1. The molecule has 0 aliphatic carbocycles. The Labute approximate surface area is 165 Å². The SMILES string of the molecule is CC(=O)c1ccc(N2CCN(C(=O)[C@@]34CNC[C@@H]3CN(C(C)=O)C4)CC2)cc1. The van der Waals surface area contributed by atoms with E-state index in [1.807, 2.05) is 34.1 Å². The number of nitrogens with one attached hydrogen (secondary N) is 1. The zero-order chi connectivity index (χ0) is 19.9. The van der Waals surface area contributed by atoms with Crippen LogP contribution >= 0.6 is 0 Å². The second-order valence-corrected chi connectivity index (χ2v) is 8.27. The molecule has 3 saturated heterocycles. The quantitative estimate of drug-likeness (QED) is 0.773. The lowest BCUT2D eigenvalue weighted by Crippen LogP contribution is -2.56. The Morgan fingerprint density at radius 2 is 1.68 bits per heavy atom. The van der Waals surface area contributed by atoms with E-state index >= 15 is 0 Å². The Morgan fingerprint density at radius 3 is 2.29 bits per heavy atom. The van der Waals surface area contributed by atoms with Gasteiger partial charge >= 0.3 is 0 Å². The highest BCUT2D eigenvalue weighted by Gasteiger charge is 2.56. The van der Waals surface area contributed by atoms with Crippen LogP contribution in [0.15, 0.2) is 24.3 Å². The lowest BCUT2D eigenvalue weighted by Gasteiger charge is -2.40. The second kappa shape index (κ2) is 7.20. The number of likely N-dealkylation sites (tertiary alicyclic amines) is 1. The van der Waals surface area contributed by atoms with Gasteiger partial charge in [-0.1, -0.05) is 0 Å². The number of anilines is 1. The number of hydrogen-bond donors (Lipinski definition) is 1. The van der Waals surface area contributed by atoms with E-state index in [0.29, 0.717) is 38.3 Å². The maximum Gasteiger partial charge on any atom is 0.232 e. The van der Waals surface area contributed by atoms with E-state index in [1.165, 1.54) is 0 Å². The fourth-order valence-corrected chi connectivity index (χ4v) is 4.85. The molecule has 0 aromatic heterocycles. The lowest BCUT2D eigenvalue weighted by atomic mass is 9.79. The molecule has 3 fully saturated rings. The third-order valence-corrected chi connectivity index (χ3v) is 6.60. The molecule has 4 rings (SSSR count). The molecule has 1 aromatic carbocycles. The summed E-state index contributed by atoms with van der Waals surface area (Å²) in [5.74, 6) is 0.524. The smallest absolute Gasteiger partial charge is 0.232 e. The summed E-state index contributed by atoms with van der Waals surface area (Å²) < 4.78 is 0. The van der Waals surface area contributed by atoms with E-state index in [-0.39, 0.29) is 23.5 Å². The molecule has 7 heteroatoms. The summed E-state index contributed by atoms with van der Waals surface area (Å²) in [5.41, 5.74) is 1.34. The number of fused-ring (bicyclic) bond motifs is 1. The molecule has 3 aliphatic heterocycles. The molecular weight excluding hydrogens is 356 g/mol. The standard InChI is InChI=1S/C21H28N4O3/c1-15(26)17-3-5-19(6-4-17)23-7-9-24(10-8-23)20(28)21-13-22-11-18(21)12-25(14-21)16(2)27/h3-6,18,22H,7-14H2,1-2H3/t18-,21-/m1/s1. The number of piperazine rings is 1. The third kappa shape index (κ3) is 3.17. The lowest BCUT2D eigenvalue weighted by molar-refractivity contribution is -0.142. The molecular formula is C21H28N4O3. The molecule has 0 saturated carbocycles. The molecule has 28 heavy (non-hydrogen) atoms. The van der Waals surface area contributed by atoms with Crippen molar-refractivity contribution in [2.45, 2.75) is 13.8 Å². The van der Waals surface area contributed by atoms with Crippen molar-refractivity contribution in [3.05, 3.63) is 29.8 Å². The van der Waals surface area contributed by atoms with Crippen LogP contribution in [0, 0.1) is 11.3 Å². The summed E-state index contributed by atoms with van der Waals surface area (Å²) in [5, 5.41) is 3.37. The van der Waals surface area contributed by atoms with Crippen molar-refractivity contribution in [1.29, 1.82) is 0 Å². The topological polar surface area (TPSA) is 73.0 Å². The van der Waals surface area contributed by atoms with E-state index in [1.54, 1.807) is 13.8 Å². The van der Waals surface area contributed by atoms with Crippen molar-refractivity contribution in [2.75, 3.05) is 57.3 Å². The summed E-state index contributed by atoms with van der Waals surface area (Å²) in [6.07, 6.45) is 0. The summed E-state index contributed by atoms with van der Waals surface area (Å²) >= 11 is 0. The van der Waals surface area contributed by atoms with Crippen LogP contribution in [0.1, 0.15) is 24.2 Å². The van der Waals surface area contributed by atoms with Crippen LogP contribution in [0.4, 0.5) is 5.69 Å². The Hall–Kier alpha value is -2.41. The van der Waals surface area contributed by atoms with Crippen LogP contribution in [0.25, 0.3) is 0 Å². The first-order valence-electron chi connectivity index (χ1n) is 10.0. The predicted octanol–water partition coefficient (Wildman–Crippen LogP) is 0.606. The summed E-state index contributed by atoms with van der Waals surface area (Å²) in [4.78, 5) is 42.8. The van der Waals surface area contributed by atoms with Gasteiger partial charge in [-0.2, -0.15) is 0 Å². The Balaban J connectivity index is 1.41. The number of hydrogen-bond acceptors (Lipinski definition) is 5. The van der Waals surface area contributed by atoms with Gasteiger partial charge < -0.3 is 20.0 Å². The monoisotopic (exact) mass is 384 g/mol. The third-order valence-electron chi connectivity index (χ3n) is 6.60. The maximum atomic E-state index is 13.4. The van der Waals surface area contributed by atoms with Gasteiger partial charge in [-0.15, -0.1) is 0 Å². The van der Waals surface area contributed by atoms with Crippen LogP contribution in [0.3, 0.4) is 0 Å².